The molecule has 0 aromatic heterocycles. The molecule has 1 heterocycles. The Morgan fingerprint density at radius 3 is 2.25 bits per heavy atom. The molecule has 0 spiro atoms. The number of aliphatic hydroxyl groups excluding tert-OH is 1. The van der Waals surface area contributed by atoms with Gasteiger partial charge in [0.1, 0.15) is 0 Å². The van der Waals surface area contributed by atoms with E-state index < -0.39 is 29.2 Å². The molecule has 116 valence electrons. The lowest BCUT2D eigenvalue weighted by atomic mass is 9.72. The summed E-state index contributed by atoms with van der Waals surface area (Å²) in [6.07, 6.45) is 6.43. The van der Waals surface area contributed by atoms with Crippen molar-refractivity contribution in [3.63, 3.8) is 0 Å². The monoisotopic (exact) mass is 284 g/mol. The highest BCUT2D eigenvalue weighted by atomic mass is 16.5. The zero-order chi connectivity index (χ0) is 15.0. The van der Waals surface area contributed by atoms with E-state index in [4.69, 9.17) is 4.74 Å². The van der Waals surface area contributed by atoms with Crippen molar-refractivity contribution in [2.45, 2.75) is 83.0 Å². The fraction of sp³-hybridized carbons (Fsp3) is 0.938. The molecule has 1 aliphatic heterocycles. The first-order valence-electron chi connectivity index (χ1n) is 7.87. The second-order valence-corrected chi connectivity index (χ2v) is 7.29. The quantitative estimate of drug-likeness (QED) is 0.836. The molecular weight excluding hydrogens is 256 g/mol. The van der Waals surface area contributed by atoms with E-state index in [9.17, 15) is 15.0 Å². The molecular formula is C16H28O4. The molecule has 1 saturated carbocycles. The smallest absolute Gasteiger partial charge is 0.309 e. The second-order valence-electron chi connectivity index (χ2n) is 7.29. The van der Waals surface area contributed by atoms with Crippen molar-refractivity contribution in [3.8, 4) is 0 Å². The summed E-state index contributed by atoms with van der Waals surface area (Å²) < 4.78 is 6.12. The Hall–Kier alpha value is -0.610. The van der Waals surface area contributed by atoms with Crippen molar-refractivity contribution in [3.05, 3.63) is 0 Å². The number of aliphatic hydroxyl groups is 1. The van der Waals surface area contributed by atoms with Gasteiger partial charge in [-0.25, -0.2) is 0 Å². The number of carboxylic acids is 1. The van der Waals surface area contributed by atoms with E-state index in [1.807, 2.05) is 20.8 Å². The first-order chi connectivity index (χ1) is 9.26. The van der Waals surface area contributed by atoms with Gasteiger partial charge in [-0.2, -0.15) is 0 Å². The Balaban J connectivity index is 2.09. The summed E-state index contributed by atoms with van der Waals surface area (Å²) in [5, 5.41) is 20.0. The lowest BCUT2D eigenvalue weighted by Crippen LogP contribution is -2.58. The number of ether oxygens (including phenoxy) is 1. The first kappa shape index (κ1) is 15.8. The normalized spacial score (nSPS) is 36.5. The van der Waals surface area contributed by atoms with Crippen LogP contribution in [0.5, 0.6) is 0 Å². The summed E-state index contributed by atoms with van der Waals surface area (Å²) in [5.41, 5.74) is -1.34. The van der Waals surface area contributed by atoms with E-state index in [0.717, 1.165) is 12.8 Å². The molecule has 4 nitrogen and oxygen atoms in total. The van der Waals surface area contributed by atoms with Crippen LogP contribution < -0.4 is 0 Å². The van der Waals surface area contributed by atoms with Crippen LogP contribution in [0.4, 0.5) is 0 Å². The molecule has 4 heteroatoms. The number of aliphatic carboxylic acids is 1. The van der Waals surface area contributed by atoms with Gasteiger partial charge >= 0.3 is 5.97 Å². The Kier molecular flexibility index (Phi) is 4.45. The Morgan fingerprint density at radius 2 is 1.75 bits per heavy atom. The first-order valence-corrected chi connectivity index (χ1v) is 7.87. The van der Waals surface area contributed by atoms with Gasteiger partial charge in [0, 0.05) is 0 Å². The fourth-order valence-corrected chi connectivity index (χ4v) is 4.08. The van der Waals surface area contributed by atoms with Crippen LogP contribution in [0.15, 0.2) is 0 Å². The van der Waals surface area contributed by atoms with Gasteiger partial charge in [0.05, 0.1) is 23.2 Å². The highest BCUT2D eigenvalue weighted by molar-refractivity contribution is 5.71. The number of hydrogen-bond donors (Lipinski definition) is 2. The topological polar surface area (TPSA) is 66.8 Å². The molecule has 0 radical (unpaired) electrons. The number of carboxylic acid groups (broad SMARTS) is 1. The van der Waals surface area contributed by atoms with Crippen LogP contribution in [0.3, 0.4) is 0 Å². The van der Waals surface area contributed by atoms with Crippen LogP contribution in [0.25, 0.3) is 0 Å². The van der Waals surface area contributed by atoms with E-state index in [1.165, 1.54) is 19.3 Å². The summed E-state index contributed by atoms with van der Waals surface area (Å²) >= 11 is 0. The molecule has 2 aliphatic rings. The van der Waals surface area contributed by atoms with Gasteiger partial charge in [0.2, 0.25) is 0 Å². The molecule has 2 fully saturated rings. The fourth-order valence-electron chi connectivity index (χ4n) is 4.08. The van der Waals surface area contributed by atoms with Crippen molar-refractivity contribution in [1.29, 1.82) is 0 Å². The molecule has 2 rings (SSSR count). The summed E-state index contributed by atoms with van der Waals surface area (Å²) in [7, 11) is 0. The van der Waals surface area contributed by atoms with Gasteiger partial charge in [-0.1, -0.05) is 19.3 Å². The van der Waals surface area contributed by atoms with Gasteiger partial charge in [0.25, 0.3) is 0 Å². The van der Waals surface area contributed by atoms with Crippen molar-refractivity contribution in [1.82, 2.24) is 0 Å². The van der Waals surface area contributed by atoms with Crippen LogP contribution in [-0.2, 0) is 9.53 Å². The van der Waals surface area contributed by atoms with Crippen LogP contribution in [0.1, 0.15) is 65.7 Å². The van der Waals surface area contributed by atoms with Gasteiger partial charge in [-0.05, 0) is 52.4 Å². The van der Waals surface area contributed by atoms with Gasteiger partial charge in [0.15, 0.2) is 0 Å². The van der Waals surface area contributed by atoms with Gasteiger partial charge in [-0.3, -0.25) is 4.79 Å². The van der Waals surface area contributed by atoms with E-state index in [2.05, 4.69) is 0 Å². The van der Waals surface area contributed by atoms with Crippen molar-refractivity contribution in [2.75, 3.05) is 0 Å². The van der Waals surface area contributed by atoms with Crippen LogP contribution in [-0.4, -0.2) is 33.5 Å². The minimum atomic E-state index is -0.802. The van der Waals surface area contributed by atoms with Crippen LogP contribution in [0.2, 0.25) is 0 Å². The average molecular weight is 284 g/mol. The number of hydrogen-bond acceptors (Lipinski definition) is 3. The summed E-state index contributed by atoms with van der Waals surface area (Å²) in [4.78, 5) is 11.3. The summed E-state index contributed by atoms with van der Waals surface area (Å²) in [5.74, 6) is -0.996. The van der Waals surface area contributed by atoms with Crippen LogP contribution in [0, 0.1) is 11.8 Å². The predicted octanol–water partition coefficient (Wildman–Crippen LogP) is 2.98. The van der Waals surface area contributed by atoms with E-state index in [0.29, 0.717) is 18.8 Å². The summed E-state index contributed by atoms with van der Waals surface area (Å²) in [6, 6.07) is 0. The lowest BCUT2D eigenvalue weighted by Gasteiger charge is -2.50. The third-order valence-corrected chi connectivity index (χ3v) is 5.28. The maximum absolute atomic E-state index is 11.3. The Bertz CT molecular complexity index is 359. The minimum absolute atomic E-state index is 0.297. The molecule has 0 aromatic carbocycles. The van der Waals surface area contributed by atoms with Gasteiger partial charge in [-0.15, -0.1) is 0 Å². The molecule has 0 bridgehead atoms. The van der Waals surface area contributed by atoms with Crippen molar-refractivity contribution in [2.24, 2.45) is 11.8 Å². The van der Waals surface area contributed by atoms with Gasteiger partial charge < -0.3 is 14.9 Å². The molecule has 1 aliphatic carbocycles. The Labute approximate surface area is 121 Å². The maximum atomic E-state index is 11.3. The van der Waals surface area contributed by atoms with Crippen LogP contribution >= 0.6 is 0 Å². The third-order valence-electron chi connectivity index (χ3n) is 5.28. The van der Waals surface area contributed by atoms with Crippen molar-refractivity contribution < 1.29 is 19.7 Å². The zero-order valence-electron chi connectivity index (χ0n) is 12.9. The molecule has 2 N–H and O–H groups in total. The number of rotatable bonds is 3. The zero-order valence-corrected chi connectivity index (χ0v) is 12.9. The van der Waals surface area contributed by atoms with Crippen molar-refractivity contribution >= 4 is 5.97 Å². The molecule has 3 atom stereocenters. The molecule has 0 unspecified atom stereocenters. The largest absolute Gasteiger partial charge is 0.481 e. The van der Waals surface area contributed by atoms with E-state index >= 15 is 0 Å². The highest BCUT2D eigenvalue weighted by Gasteiger charge is 2.51. The SMILES string of the molecule is CC1(C)O[C@](C)([C@H](O)C2CCCCC2)CC[C@@H]1C(=O)O. The molecule has 1 saturated heterocycles. The lowest BCUT2D eigenvalue weighted by molar-refractivity contribution is -0.241. The summed E-state index contributed by atoms with van der Waals surface area (Å²) in [6.45, 7) is 5.61. The molecule has 20 heavy (non-hydrogen) atoms. The van der Waals surface area contributed by atoms with E-state index in [-0.39, 0.29) is 0 Å². The molecule has 0 amide bonds. The highest BCUT2D eigenvalue weighted by Crippen LogP contribution is 2.44. The number of carbonyl (C=O) groups is 1. The van der Waals surface area contributed by atoms with E-state index in [1.54, 1.807) is 0 Å². The second kappa shape index (κ2) is 5.64. The minimum Gasteiger partial charge on any atom is -0.481 e. The average Bonchev–Trinajstić information content (AvgIpc) is 2.37. The maximum Gasteiger partial charge on any atom is 0.309 e. The Morgan fingerprint density at radius 1 is 1.15 bits per heavy atom. The predicted molar refractivity (Wildman–Crippen MR) is 76.5 cm³/mol. The molecule has 0 aromatic rings. The standard InChI is InChI=1S/C16H28O4/c1-15(2)12(14(18)19)9-10-16(3,20-15)13(17)11-7-5-4-6-8-11/h11-13,17H,4-10H2,1-3H3,(H,18,19)/t12-,13-,16+/m1/s1. The third kappa shape index (κ3) is 3.01.